The number of hydrogen-bond donors (Lipinski definition) is 0. The molecule has 0 aliphatic carbocycles. The number of aromatic nitrogens is 1. The van der Waals surface area contributed by atoms with E-state index < -0.39 is 0 Å². The van der Waals surface area contributed by atoms with Gasteiger partial charge in [-0.1, -0.05) is 95.2 Å². The van der Waals surface area contributed by atoms with E-state index in [9.17, 15) is 0 Å². The van der Waals surface area contributed by atoms with Gasteiger partial charge >= 0.3 is 0 Å². The van der Waals surface area contributed by atoms with Gasteiger partial charge in [0.2, 0.25) is 0 Å². The molecule has 0 amide bonds. The molecule has 41 heavy (non-hydrogen) atoms. The van der Waals surface area contributed by atoms with Gasteiger partial charge in [0, 0.05) is 48.3 Å². The molecular weight excluding hydrogens is 500 g/mol. The molecule has 3 aliphatic rings. The first kappa shape index (κ1) is 32.6. The van der Waals surface area contributed by atoms with E-state index >= 15 is 0 Å². The Balaban J connectivity index is 0.000000172. The lowest BCUT2D eigenvalue weighted by molar-refractivity contribution is 0.750. The first-order valence-corrected chi connectivity index (χ1v) is 15.8. The Bertz CT molecular complexity index is 1210. The Labute approximate surface area is 250 Å². The minimum atomic E-state index is 0.499. The zero-order chi connectivity index (χ0) is 30.4. The van der Waals surface area contributed by atoms with Crippen LogP contribution in [0.25, 0.3) is 0 Å². The van der Waals surface area contributed by atoms with E-state index in [1.807, 2.05) is 12.4 Å². The van der Waals surface area contributed by atoms with Gasteiger partial charge in [0.05, 0.1) is 17.6 Å². The minimum Gasteiger partial charge on any atom is -0.265 e. The summed E-state index contributed by atoms with van der Waals surface area (Å²) in [5.74, 6) is 3.49. The molecular formula is C37H54N4. The fourth-order valence-electron chi connectivity index (χ4n) is 4.90. The van der Waals surface area contributed by atoms with Gasteiger partial charge in [0.15, 0.2) is 0 Å². The van der Waals surface area contributed by atoms with Crippen molar-refractivity contribution in [1.82, 2.24) is 4.98 Å². The second kappa shape index (κ2) is 14.3. The molecule has 0 unspecified atom stereocenters. The molecule has 1 aromatic heterocycles. The predicted molar refractivity (Wildman–Crippen MR) is 180 cm³/mol. The molecule has 0 atom stereocenters. The van der Waals surface area contributed by atoms with Crippen LogP contribution in [0.3, 0.4) is 0 Å². The Morgan fingerprint density at radius 1 is 0.537 bits per heavy atom. The van der Waals surface area contributed by atoms with Crippen LogP contribution in [0.15, 0.2) is 57.2 Å². The Kier molecular flexibility index (Phi) is 11.4. The number of fused-ring (bicyclic) bond motifs is 2. The van der Waals surface area contributed by atoms with Crippen LogP contribution in [-0.2, 0) is 12.8 Å². The van der Waals surface area contributed by atoms with Crippen molar-refractivity contribution in [2.75, 3.05) is 0 Å². The molecule has 4 nitrogen and oxygen atoms in total. The van der Waals surface area contributed by atoms with E-state index in [4.69, 9.17) is 0 Å². The third-order valence-electron chi connectivity index (χ3n) is 8.14. The van der Waals surface area contributed by atoms with Crippen LogP contribution in [-0.4, -0.2) is 22.1 Å². The van der Waals surface area contributed by atoms with Gasteiger partial charge in [-0.05, 0) is 69.9 Å². The Morgan fingerprint density at radius 2 is 1.10 bits per heavy atom. The quantitative estimate of drug-likeness (QED) is 0.350. The maximum atomic E-state index is 4.67. The van der Waals surface area contributed by atoms with Crippen molar-refractivity contribution in [2.45, 2.75) is 114 Å². The highest BCUT2D eigenvalue weighted by Crippen LogP contribution is 2.32. The van der Waals surface area contributed by atoms with Gasteiger partial charge in [0.1, 0.15) is 0 Å². The summed E-state index contributed by atoms with van der Waals surface area (Å²) in [4.78, 5) is 18.1. The van der Waals surface area contributed by atoms with E-state index in [-0.39, 0.29) is 0 Å². The minimum absolute atomic E-state index is 0.499. The standard InChI is InChI=1S/C14H19N.C13H18N2.C10H17N/c1-9(2)11-5-6-13-12(7-11)8-14(15-13)10(3)4;1-8(2)11-5-10-6-12(9(3)4)15-13(10)7-14-11;1-7(2)9-5-10(8(3)4)11-6-9/h5-7,9-10H,8H2,1-4H3;5,7-9H,6H2,1-4H3;6-8H,5H2,1-4H3. The summed E-state index contributed by atoms with van der Waals surface area (Å²) in [5, 5.41) is 0. The summed E-state index contributed by atoms with van der Waals surface area (Å²) < 4.78 is 0. The largest absolute Gasteiger partial charge is 0.265 e. The lowest BCUT2D eigenvalue weighted by Gasteiger charge is -2.07. The molecule has 2 aromatic rings. The van der Waals surface area contributed by atoms with Crippen molar-refractivity contribution >= 4 is 28.5 Å². The molecule has 222 valence electrons. The summed E-state index contributed by atoms with van der Waals surface area (Å²) in [6, 6.07) is 8.90. The van der Waals surface area contributed by atoms with Gasteiger partial charge in [-0.2, -0.15) is 0 Å². The normalized spacial score (nSPS) is 15.5. The van der Waals surface area contributed by atoms with Crippen molar-refractivity contribution in [3.05, 3.63) is 64.6 Å². The van der Waals surface area contributed by atoms with Gasteiger partial charge in [-0.15, -0.1) is 0 Å². The van der Waals surface area contributed by atoms with Crippen LogP contribution in [0.5, 0.6) is 0 Å². The van der Waals surface area contributed by atoms with Crippen LogP contribution in [0.4, 0.5) is 11.4 Å². The van der Waals surface area contributed by atoms with Crippen LogP contribution in [0, 0.1) is 23.7 Å². The molecule has 5 rings (SSSR count). The molecule has 0 radical (unpaired) electrons. The number of nitrogens with zero attached hydrogens (tertiary/aromatic N) is 4. The SMILES string of the molecule is CC(C)C1=CN=C(C(C)C)C1.CC(C)C1=Nc2ccc(C(C)C)cc2C1.CC(C)C1=Nc2cnc(C(C)C)cc2C1. The number of allylic oxidation sites excluding steroid dienone is 1. The second-order valence-corrected chi connectivity index (χ2v) is 13.6. The van der Waals surface area contributed by atoms with Crippen molar-refractivity contribution in [3.63, 3.8) is 0 Å². The summed E-state index contributed by atoms with van der Waals surface area (Å²) in [7, 11) is 0. The third kappa shape index (κ3) is 8.80. The van der Waals surface area contributed by atoms with Crippen LogP contribution >= 0.6 is 0 Å². The van der Waals surface area contributed by atoms with Crippen LogP contribution in [0.2, 0.25) is 0 Å². The third-order valence-corrected chi connectivity index (χ3v) is 8.14. The van der Waals surface area contributed by atoms with E-state index in [1.54, 1.807) is 0 Å². The summed E-state index contributed by atoms with van der Waals surface area (Å²) in [5.41, 5.74) is 13.0. The number of aliphatic imine (C=N–C) groups is 3. The molecule has 0 bridgehead atoms. The molecule has 3 aliphatic heterocycles. The predicted octanol–water partition coefficient (Wildman–Crippen LogP) is 10.6. The molecule has 4 heterocycles. The molecule has 0 fully saturated rings. The number of rotatable bonds is 6. The Morgan fingerprint density at radius 3 is 1.56 bits per heavy atom. The summed E-state index contributed by atoms with van der Waals surface area (Å²) >= 11 is 0. The number of pyridine rings is 1. The molecule has 4 heteroatoms. The monoisotopic (exact) mass is 554 g/mol. The summed E-state index contributed by atoms with van der Waals surface area (Å²) in [6.07, 6.45) is 7.12. The molecule has 0 spiro atoms. The molecule has 0 saturated heterocycles. The van der Waals surface area contributed by atoms with Crippen LogP contribution in [0.1, 0.15) is 124 Å². The van der Waals surface area contributed by atoms with Crippen LogP contribution < -0.4 is 0 Å². The zero-order valence-corrected chi connectivity index (χ0v) is 27.8. The number of hydrogen-bond acceptors (Lipinski definition) is 4. The second-order valence-electron chi connectivity index (χ2n) is 13.6. The maximum Gasteiger partial charge on any atom is 0.0848 e. The first-order valence-electron chi connectivity index (χ1n) is 15.8. The average Bonchev–Trinajstić information content (AvgIpc) is 3.66. The first-order chi connectivity index (χ1) is 19.3. The average molecular weight is 555 g/mol. The highest BCUT2D eigenvalue weighted by atomic mass is 14.8. The lowest BCUT2D eigenvalue weighted by atomic mass is 9.96. The van der Waals surface area contributed by atoms with Gasteiger partial charge in [-0.3, -0.25) is 20.0 Å². The number of benzene rings is 1. The molecule has 0 saturated carbocycles. The van der Waals surface area contributed by atoms with Gasteiger partial charge in [0.25, 0.3) is 0 Å². The molecule has 1 aromatic carbocycles. The van der Waals surface area contributed by atoms with Crippen molar-refractivity contribution < 1.29 is 0 Å². The van der Waals surface area contributed by atoms with E-state index in [1.165, 1.54) is 50.8 Å². The maximum absolute atomic E-state index is 4.67. The van der Waals surface area contributed by atoms with E-state index in [0.29, 0.717) is 35.5 Å². The van der Waals surface area contributed by atoms with Crippen molar-refractivity contribution in [3.8, 4) is 0 Å². The smallest absolute Gasteiger partial charge is 0.0848 e. The van der Waals surface area contributed by atoms with E-state index in [2.05, 4.69) is 127 Å². The highest BCUT2D eigenvalue weighted by molar-refractivity contribution is 5.96. The van der Waals surface area contributed by atoms with Gasteiger partial charge < -0.3 is 0 Å². The van der Waals surface area contributed by atoms with Crippen molar-refractivity contribution in [1.29, 1.82) is 0 Å². The Hall–Kier alpha value is -2.88. The van der Waals surface area contributed by atoms with Gasteiger partial charge in [-0.25, -0.2) is 0 Å². The van der Waals surface area contributed by atoms with E-state index in [0.717, 1.165) is 24.9 Å². The molecule has 0 N–H and O–H groups in total. The summed E-state index contributed by atoms with van der Waals surface area (Å²) in [6.45, 7) is 26.5. The lowest BCUT2D eigenvalue weighted by Crippen LogP contribution is -2.06. The fourth-order valence-corrected chi connectivity index (χ4v) is 4.90. The fraction of sp³-hybridized carbons (Fsp3) is 0.568. The highest BCUT2D eigenvalue weighted by Gasteiger charge is 2.19. The van der Waals surface area contributed by atoms with Crippen molar-refractivity contribution in [2.24, 2.45) is 38.6 Å². The topological polar surface area (TPSA) is 50.0 Å². The zero-order valence-electron chi connectivity index (χ0n) is 27.8.